The fraction of sp³-hybridized carbons (Fsp3) is 0.167. The van der Waals surface area contributed by atoms with Gasteiger partial charge in [0.2, 0.25) is 0 Å². The lowest BCUT2D eigenvalue weighted by atomic mass is 10.3. The largest absolute Gasteiger partial charge is 0.270 e. The second kappa shape index (κ2) is 4.91. The zero-order valence-corrected chi connectivity index (χ0v) is 12.3. The SMILES string of the molecule is Cc1cc(NS(=O)(=O)c2cccc(Cl)c2)sc1C. The minimum atomic E-state index is -3.56. The van der Waals surface area contributed by atoms with E-state index < -0.39 is 10.0 Å². The molecule has 0 spiro atoms. The van der Waals surface area contributed by atoms with Crippen LogP contribution in [0.1, 0.15) is 10.4 Å². The summed E-state index contributed by atoms with van der Waals surface area (Å²) in [6, 6.07) is 8.02. The van der Waals surface area contributed by atoms with Crippen molar-refractivity contribution in [3.63, 3.8) is 0 Å². The average Bonchev–Trinajstić information content (AvgIpc) is 2.57. The molecule has 0 aliphatic rings. The summed E-state index contributed by atoms with van der Waals surface area (Å²) in [6.07, 6.45) is 0. The van der Waals surface area contributed by atoms with Crippen LogP contribution in [0.15, 0.2) is 35.2 Å². The van der Waals surface area contributed by atoms with Crippen molar-refractivity contribution in [2.24, 2.45) is 0 Å². The second-order valence-electron chi connectivity index (χ2n) is 3.91. The van der Waals surface area contributed by atoms with Gasteiger partial charge >= 0.3 is 0 Å². The molecule has 0 unspecified atom stereocenters. The van der Waals surface area contributed by atoms with Gasteiger partial charge in [-0.3, -0.25) is 4.72 Å². The number of thiophene rings is 1. The maximum atomic E-state index is 12.1. The first kappa shape index (κ1) is 13.4. The Bertz CT molecular complexity index is 658. The summed E-state index contributed by atoms with van der Waals surface area (Å²) in [5.74, 6) is 0. The fourth-order valence-corrected chi connectivity index (χ4v) is 3.97. The van der Waals surface area contributed by atoms with Crippen molar-refractivity contribution in [1.29, 1.82) is 0 Å². The molecule has 0 aliphatic carbocycles. The number of nitrogens with one attached hydrogen (secondary N) is 1. The molecule has 0 atom stereocenters. The van der Waals surface area contributed by atoms with Crippen molar-refractivity contribution < 1.29 is 8.42 Å². The lowest BCUT2D eigenvalue weighted by Crippen LogP contribution is -2.11. The molecule has 0 amide bonds. The third-order valence-electron chi connectivity index (χ3n) is 2.51. The Morgan fingerprint density at radius 1 is 1.22 bits per heavy atom. The first-order chi connectivity index (χ1) is 8.38. The summed E-state index contributed by atoms with van der Waals surface area (Å²) >= 11 is 7.21. The van der Waals surface area contributed by atoms with E-state index >= 15 is 0 Å². The van der Waals surface area contributed by atoms with Gasteiger partial charge < -0.3 is 0 Å². The molecule has 0 saturated carbocycles. The van der Waals surface area contributed by atoms with E-state index in [-0.39, 0.29) is 4.90 Å². The molecule has 3 nitrogen and oxygen atoms in total. The zero-order chi connectivity index (χ0) is 13.3. The van der Waals surface area contributed by atoms with Crippen LogP contribution in [0.25, 0.3) is 0 Å². The molecule has 0 radical (unpaired) electrons. The summed E-state index contributed by atoms with van der Waals surface area (Å²) in [5.41, 5.74) is 1.07. The van der Waals surface area contributed by atoms with Gasteiger partial charge in [0.25, 0.3) is 10.0 Å². The Morgan fingerprint density at radius 2 is 1.94 bits per heavy atom. The van der Waals surface area contributed by atoms with E-state index in [0.717, 1.165) is 10.4 Å². The normalized spacial score (nSPS) is 11.5. The van der Waals surface area contributed by atoms with Crippen molar-refractivity contribution >= 4 is 38.0 Å². The van der Waals surface area contributed by atoms with E-state index in [1.54, 1.807) is 12.1 Å². The second-order valence-corrected chi connectivity index (χ2v) is 7.29. The molecular weight excluding hydrogens is 290 g/mol. The van der Waals surface area contributed by atoms with Gasteiger partial charge in [-0.25, -0.2) is 8.42 Å². The van der Waals surface area contributed by atoms with Crippen LogP contribution in [0, 0.1) is 13.8 Å². The summed E-state index contributed by atoms with van der Waals surface area (Å²) in [7, 11) is -3.56. The first-order valence-corrected chi connectivity index (χ1v) is 7.92. The summed E-state index contributed by atoms with van der Waals surface area (Å²) in [4.78, 5) is 1.26. The Kier molecular flexibility index (Phi) is 3.66. The summed E-state index contributed by atoms with van der Waals surface area (Å²) in [6.45, 7) is 3.90. The quantitative estimate of drug-likeness (QED) is 0.937. The van der Waals surface area contributed by atoms with Gasteiger partial charge in [0.15, 0.2) is 0 Å². The topological polar surface area (TPSA) is 46.2 Å². The molecule has 96 valence electrons. The number of hydrogen-bond acceptors (Lipinski definition) is 3. The van der Waals surface area contributed by atoms with Gasteiger partial charge in [-0.1, -0.05) is 17.7 Å². The Hall–Kier alpha value is -1.04. The van der Waals surface area contributed by atoms with E-state index in [4.69, 9.17) is 11.6 Å². The maximum Gasteiger partial charge on any atom is 0.262 e. The Labute approximate surface area is 115 Å². The molecule has 2 rings (SSSR count). The van der Waals surface area contributed by atoms with E-state index in [2.05, 4.69) is 4.72 Å². The highest BCUT2D eigenvalue weighted by molar-refractivity contribution is 7.93. The zero-order valence-electron chi connectivity index (χ0n) is 9.90. The maximum absolute atomic E-state index is 12.1. The number of halogens is 1. The molecule has 18 heavy (non-hydrogen) atoms. The minimum Gasteiger partial charge on any atom is -0.270 e. The highest BCUT2D eigenvalue weighted by atomic mass is 35.5. The molecule has 0 bridgehead atoms. The fourth-order valence-electron chi connectivity index (χ4n) is 1.45. The van der Waals surface area contributed by atoms with E-state index in [9.17, 15) is 8.42 Å². The van der Waals surface area contributed by atoms with Crippen molar-refractivity contribution in [1.82, 2.24) is 0 Å². The van der Waals surface area contributed by atoms with Gasteiger partial charge in [-0.2, -0.15) is 0 Å². The van der Waals surface area contributed by atoms with Gasteiger partial charge in [-0.15, -0.1) is 11.3 Å². The highest BCUT2D eigenvalue weighted by Gasteiger charge is 2.15. The third-order valence-corrected chi connectivity index (χ3v) is 5.30. The molecule has 6 heteroatoms. The molecule has 1 aromatic heterocycles. The lowest BCUT2D eigenvalue weighted by Gasteiger charge is -2.05. The minimum absolute atomic E-state index is 0.165. The highest BCUT2D eigenvalue weighted by Crippen LogP contribution is 2.28. The molecule has 1 aromatic carbocycles. The lowest BCUT2D eigenvalue weighted by molar-refractivity contribution is 0.601. The van der Waals surface area contributed by atoms with Crippen LogP contribution < -0.4 is 4.72 Å². The summed E-state index contributed by atoms with van der Waals surface area (Å²) < 4.78 is 26.8. The van der Waals surface area contributed by atoms with Gasteiger partial charge in [-0.05, 0) is 43.7 Å². The number of benzene rings is 1. The first-order valence-electron chi connectivity index (χ1n) is 5.24. The van der Waals surface area contributed by atoms with Crippen LogP contribution in [0.3, 0.4) is 0 Å². The van der Waals surface area contributed by atoms with Crippen molar-refractivity contribution in [3.05, 3.63) is 45.8 Å². The van der Waals surface area contributed by atoms with Crippen LogP contribution in [0.5, 0.6) is 0 Å². The number of sulfonamides is 1. The van der Waals surface area contributed by atoms with Crippen molar-refractivity contribution in [2.75, 3.05) is 4.72 Å². The van der Waals surface area contributed by atoms with Gasteiger partial charge in [0, 0.05) is 9.90 Å². The number of rotatable bonds is 3. The predicted molar refractivity (Wildman–Crippen MR) is 76.1 cm³/mol. The number of aryl methyl sites for hydroxylation is 2. The standard InChI is InChI=1S/C12H12ClNO2S2/c1-8-6-12(17-9(8)2)14-18(15,16)11-5-3-4-10(13)7-11/h3-7,14H,1-2H3. The molecular formula is C12H12ClNO2S2. The molecule has 2 aromatic rings. The van der Waals surface area contributed by atoms with Gasteiger partial charge in [0.1, 0.15) is 5.00 Å². The number of hydrogen-bond donors (Lipinski definition) is 1. The smallest absolute Gasteiger partial charge is 0.262 e. The molecule has 1 N–H and O–H groups in total. The van der Waals surface area contributed by atoms with Crippen LogP contribution in [0.2, 0.25) is 5.02 Å². The van der Waals surface area contributed by atoms with Crippen molar-refractivity contribution in [3.8, 4) is 0 Å². The van der Waals surface area contributed by atoms with E-state index in [1.807, 2.05) is 19.9 Å². The van der Waals surface area contributed by atoms with Crippen LogP contribution >= 0.6 is 22.9 Å². The van der Waals surface area contributed by atoms with Crippen LogP contribution in [-0.2, 0) is 10.0 Å². The van der Waals surface area contributed by atoms with E-state index in [0.29, 0.717) is 10.0 Å². The number of anilines is 1. The molecule has 0 fully saturated rings. The average molecular weight is 302 g/mol. The monoisotopic (exact) mass is 301 g/mol. The van der Waals surface area contributed by atoms with Crippen LogP contribution in [0.4, 0.5) is 5.00 Å². The van der Waals surface area contributed by atoms with Crippen molar-refractivity contribution in [2.45, 2.75) is 18.7 Å². The van der Waals surface area contributed by atoms with Crippen LogP contribution in [-0.4, -0.2) is 8.42 Å². The molecule has 0 saturated heterocycles. The Morgan fingerprint density at radius 3 is 2.50 bits per heavy atom. The molecule has 1 heterocycles. The third kappa shape index (κ3) is 2.85. The summed E-state index contributed by atoms with van der Waals surface area (Å²) in [5, 5.41) is 1.02. The molecule has 0 aliphatic heterocycles. The Balaban J connectivity index is 2.33. The predicted octanol–water partition coefficient (Wildman–Crippen LogP) is 3.82. The van der Waals surface area contributed by atoms with E-state index in [1.165, 1.54) is 23.5 Å². The van der Waals surface area contributed by atoms with Gasteiger partial charge in [0.05, 0.1) is 4.90 Å².